The van der Waals surface area contributed by atoms with Crippen LogP contribution in [-0.4, -0.2) is 33.3 Å². The molecule has 0 bridgehead atoms. The average Bonchev–Trinajstić information content (AvgIpc) is 2.82. The molecule has 0 spiro atoms. The number of esters is 1. The van der Waals surface area contributed by atoms with E-state index in [4.69, 9.17) is 16.3 Å². The highest BCUT2D eigenvalue weighted by Crippen LogP contribution is 2.26. The van der Waals surface area contributed by atoms with Crippen molar-refractivity contribution >= 4 is 39.1 Å². The van der Waals surface area contributed by atoms with Crippen LogP contribution >= 0.6 is 11.6 Å². The molecule has 0 N–H and O–H groups in total. The molecule has 0 amide bonds. The molecule has 0 saturated carbocycles. The summed E-state index contributed by atoms with van der Waals surface area (Å²) in [4.78, 5) is 24.4. The Morgan fingerprint density at radius 2 is 1.67 bits per heavy atom. The maximum atomic E-state index is 13.3. The Hall–Kier alpha value is -3.49. The minimum absolute atomic E-state index is 0.00912. The maximum absolute atomic E-state index is 13.3. The fraction of sp³-hybridized carbons (Fsp3) is 0.0833. The Labute approximate surface area is 195 Å². The summed E-state index contributed by atoms with van der Waals surface area (Å²) in [6.07, 6.45) is 1.44. The molecule has 0 aliphatic heterocycles. The van der Waals surface area contributed by atoms with E-state index in [1.165, 1.54) is 42.5 Å². The van der Waals surface area contributed by atoms with Crippen molar-refractivity contribution in [2.45, 2.75) is 4.90 Å². The van der Waals surface area contributed by atoms with Crippen LogP contribution < -0.4 is 4.31 Å². The fourth-order valence-electron chi connectivity index (χ4n) is 2.91. The molecule has 0 heterocycles. The van der Waals surface area contributed by atoms with Gasteiger partial charge < -0.3 is 4.74 Å². The highest BCUT2D eigenvalue weighted by molar-refractivity contribution is 7.92. The molecular formula is C24H19ClFNO5S. The Bertz CT molecular complexity index is 1270. The molecule has 33 heavy (non-hydrogen) atoms. The number of ketones is 1. The Kier molecular flexibility index (Phi) is 7.63. The number of hydrogen-bond acceptors (Lipinski definition) is 5. The van der Waals surface area contributed by atoms with Crippen molar-refractivity contribution in [1.82, 2.24) is 0 Å². The van der Waals surface area contributed by atoms with Crippen molar-refractivity contribution < 1.29 is 27.1 Å². The standard InChI is InChI=1S/C24H19ClFNO5S/c1-2-14-27(21-12-8-19(25)9-13-21)33(30,31)22-5-3-4-18(15-22)24(29)32-16-23(28)17-6-10-20(26)11-7-17/h2-13,15H,1,14,16H2. The molecule has 9 heteroatoms. The van der Waals surface area contributed by atoms with E-state index in [-0.39, 0.29) is 22.6 Å². The van der Waals surface area contributed by atoms with Gasteiger partial charge in [-0.3, -0.25) is 9.10 Å². The lowest BCUT2D eigenvalue weighted by Gasteiger charge is -2.23. The van der Waals surface area contributed by atoms with Crippen LogP contribution in [0.5, 0.6) is 0 Å². The van der Waals surface area contributed by atoms with Crippen molar-refractivity contribution in [3.05, 3.63) is 107 Å². The van der Waals surface area contributed by atoms with Gasteiger partial charge in [0.15, 0.2) is 12.4 Å². The molecule has 3 aromatic carbocycles. The summed E-state index contributed by atoms with van der Waals surface area (Å²) in [6.45, 7) is 3.02. The number of nitrogens with zero attached hydrogens (tertiary/aromatic N) is 1. The molecule has 0 aromatic heterocycles. The van der Waals surface area contributed by atoms with Crippen LogP contribution in [-0.2, 0) is 14.8 Å². The Balaban J connectivity index is 1.79. The molecule has 0 aliphatic rings. The molecule has 3 rings (SSSR count). The number of rotatable bonds is 9. The lowest BCUT2D eigenvalue weighted by Crippen LogP contribution is -2.31. The number of Topliss-reactive ketones (excluding diaryl/α,β-unsaturated/α-hetero) is 1. The van der Waals surface area contributed by atoms with E-state index < -0.39 is 34.2 Å². The van der Waals surface area contributed by atoms with Crippen LogP contribution in [0.15, 0.2) is 90.3 Å². The number of benzene rings is 3. The number of ether oxygens (including phenoxy) is 1. The largest absolute Gasteiger partial charge is 0.454 e. The smallest absolute Gasteiger partial charge is 0.338 e. The van der Waals surface area contributed by atoms with E-state index in [1.807, 2.05) is 0 Å². The molecular weight excluding hydrogens is 469 g/mol. The van der Waals surface area contributed by atoms with Crippen molar-refractivity contribution in [3.8, 4) is 0 Å². The lowest BCUT2D eigenvalue weighted by molar-refractivity contribution is 0.0474. The summed E-state index contributed by atoms with van der Waals surface area (Å²) >= 11 is 5.90. The monoisotopic (exact) mass is 487 g/mol. The van der Waals surface area contributed by atoms with Crippen LogP contribution in [0.25, 0.3) is 0 Å². The molecule has 0 fully saturated rings. The van der Waals surface area contributed by atoms with Crippen LogP contribution in [0.4, 0.5) is 10.1 Å². The molecule has 0 saturated heterocycles. The summed E-state index contributed by atoms with van der Waals surface area (Å²) in [5.41, 5.74) is 0.512. The van der Waals surface area contributed by atoms with Gasteiger partial charge in [-0.15, -0.1) is 6.58 Å². The van der Waals surface area contributed by atoms with E-state index in [0.29, 0.717) is 10.7 Å². The molecule has 0 radical (unpaired) electrons. The number of halogens is 2. The first-order valence-electron chi connectivity index (χ1n) is 9.67. The van der Waals surface area contributed by atoms with Gasteiger partial charge in [-0.05, 0) is 66.7 Å². The second-order valence-electron chi connectivity index (χ2n) is 6.84. The zero-order valence-electron chi connectivity index (χ0n) is 17.3. The SMILES string of the molecule is C=CCN(c1ccc(Cl)cc1)S(=O)(=O)c1cccc(C(=O)OCC(=O)c2ccc(F)cc2)c1. The Morgan fingerprint density at radius 3 is 2.30 bits per heavy atom. The van der Waals surface area contributed by atoms with Gasteiger partial charge in [-0.2, -0.15) is 0 Å². The van der Waals surface area contributed by atoms with Crippen molar-refractivity contribution in [3.63, 3.8) is 0 Å². The number of carbonyl (C=O) groups is 2. The molecule has 6 nitrogen and oxygen atoms in total. The molecule has 0 atom stereocenters. The van der Waals surface area contributed by atoms with Crippen molar-refractivity contribution in [2.24, 2.45) is 0 Å². The highest BCUT2D eigenvalue weighted by atomic mass is 35.5. The average molecular weight is 488 g/mol. The second-order valence-corrected chi connectivity index (χ2v) is 9.13. The zero-order valence-corrected chi connectivity index (χ0v) is 18.9. The van der Waals surface area contributed by atoms with Gasteiger partial charge in [0.2, 0.25) is 0 Å². The van der Waals surface area contributed by atoms with Gasteiger partial charge in [0.05, 0.1) is 22.7 Å². The lowest BCUT2D eigenvalue weighted by atomic mass is 10.1. The summed E-state index contributed by atoms with van der Waals surface area (Å²) in [5, 5.41) is 0.453. The van der Waals surface area contributed by atoms with Gasteiger partial charge in [0, 0.05) is 10.6 Å². The highest BCUT2D eigenvalue weighted by Gasteiger charge is 2.25. The number of sulfonamides is 1. The third kappa shape index (κ3) is 5.85. The van der Waals surface area contributed by atoms with E-state index in [2.05, 4.69) is 6.58 Å². The Morgan fingerprint density at radius 1 is 1.00 bits per heavy atom. The van der Waals surface area contributed by atoms with E-state index in [1.54, 1.807) is 24.3 Å². The van der Waals surface area contributed by atoms with Crippen LogP contribution in [0, 0.1) is 5.82 Å². The summed E-state index contributed by atoms with van der Waals surface area (Å²) < 4.78 is 45.7. The first-order chi connectivity index (χ1) is 15.7. The van der Waals surface area contributed by atoms with E-state index >= 15 is 0 Å². The van der Waals surface area contributed by atoms with Crippen molar-refractivity contribution in [1.29, 1.82) is 0 Å². The van der Waals surface area contributed by atoms with Crippen LogP contribution in [0.2, 0.25) is 5.02 Å². The van der Waals surface area contributed by atoms with Gasteiger partial charge in [-0.1, -0.05) is 23.7 Å². The predicted octanol–water partition coefficient (Wildman–Crippen LogP) is 4.90. The minimum atomic E-state index is -4.05. The van der Waals surface area contributed by atoms with Gasteiger partial charge in [-0.25, -0.2) is 17.6 Å². The molecule has 0 aliphatic carbocycles. The first kappa shape index (κ1) is 24.2. The summed E-state index contributed by atoms with van der Waals surface area (Å²) in [6, 6.07) is 16.4. The molecule has 3 aromatic rings. The molecule has 0 unspecified atom stereocenters. The van der Waals surface area contributed by atoms with Crippen LogP contribution in [0.3, 0.4) is 0 Å². The summed E-state index contributed by atoms with van der Waals surface area (Å²) in [7, 11) is -4.05. The molecule has 170 valence electrons. The zero-order chi connectivity index (χ0) is 24.0. The maximum Gasteiger partial charge on any atom is 0.338 e. The first-order valence-corrected chi connectivity index (χ1v) is 11.5. The van der Waals surface area contributed by atoms with Gasteiger partial charge >= 0.3 is 5.97 Å². The third-order valence-electron chi connectivity index (χ3n) is 4.57. The number of hydrogen-bond donors (Lipinski definition) is 0. The van der Waals surface area contributed by atoms with Crippen molar-refractivity contribution in [2.75, 3.05) is 17.5 Å². The third-order valence-corrected chi connectivity index (χ3v) is 6.61. The topological polar surface area (TPSA) is 80.8 Å². The van der Waals surface area contributed by atoms with E-state index in [9.17, 15) is 22.4 Å². The quantitative estimate of drug-likeness (QED) is 0.243. The second kappa shape index (κ2) is 10.4. The number of anilines is 1. The van der Waals surface area contributed by atoms with E-state index in [0.717, 1.165) is 16.4 Å². The van der Waals surface area contributed by atoms with Gasteiger partial charge in [0.1, 0.15) is 5.82 Å². The minimum Gasteiger partial charge on any atom is -0.454 e. The fourth-order valence-corrected chi connectivity index (χ4v) is 4.52. The normalized spacial score (nSPS) is 11.0. The number of carbonyl (C=O) groups excluding carboxylic acids is 2. The van der Waals surface area contributed by atoms with Crippen LogP contribution in [0.1, 0.15) is 20.7 Å². The summed E-state index contributed by atoms with van der Waals surface area (Å²) in [5.74, 6) is -1.89. The predicted molar refractivity (Wildman–Crippen MR) is 124 cm³/mol. The van der Waals surface area contributed by atoms with Gasteiger partial charge in [0.25, 0.3) is 10.0 Å².